The fourth-order valence-electron chi connectivity index (χ4n) is 1.81. The Hall–Kier alpha value is -0.960. The fraction of sp³-hybridized carbons (Fsp3) is 0.250. The van der Waals surface area contributed by atoms with Crippen molar-refractivity contribution in [2.45, 2.75) is 24.1 Å². The number of rotatable bonds is 6. The molecule has 0 aliphatic heterocycles. The molecule has 0 saturated heterocycles. The van der Waals surface area contributed by atoms with Gasteiger partial charge in [-0.1, -0.05) is 42.8 Å². The van der Waals surface area contributed by atoms with Crippen LogP contribution in [-0.2, 0) is 12.3 Å². The second kappa shape index (κ2) is 7.59. The first-order valence-corrected chi connectivity index (χ1v) is 7.81. The molecule has 0 unspecified atom stereocenters. The molecule has 2 rings (SSSR count). The average molecular weight is 292 g/mol. The summed E-state index contributed by atoms with van der Waals surface area (Å²) in [7, 11) is 0. The normalized spacial score (nSPS) is 10.6. The maximum atomic E-state index is 5.99. The Balaban J connectivity index is 1.95. The minimum atomic E-state index is 0.805. The molecule has 0 aliphatic rings. The van der Waals surface area contributed by atoms with E-state index in [1.165, 1.54) is 16.0 Å². The van der Waals surface area contributed by atoms with Crippen LogP contribution < -0.4 is 5.32 Å². The first-order valence-electron chi connectivity index (χ1n) is 6.45. The minimum absolute atomic E-state index is 0.805. The van der Waals surface area contributed by atoms with Gasteiger partial charge < -0.3 is 5.32 Å². The maximum Gasteiger partial charge on any atom is 0.0409 e. The summed E-state index contributed by atoms with van der Waals surface area (Å²) in [4.78, 5) is 1.30. The van der Waals surface area contributed by atoms with Gasteiger partial charge in [0.25, 0.3) is 0 Å². The van der Waals surface area contributed by atoms with Gasteiger partial charge in [0.05, 0.1) is 0 Å². The van der Waals surface area contributed by atoms with Crippen LogP contribution in [0.2, 0.25) is 5.02 Å². The van der Waals surface area contributed by atoms with Crippen LogP contribution >= 0.6 is 23.4 Å². The topological polar surface area (TPSA) is 12.0 Å². The van der Waals surface area contributed by atoms with Gasteiger partial charge in [-0.3, -0.25) is 0 Å². The van der Waals surface area contributed by atoms with Gasteiger partial charge in [0.2, 0.25) is 0 Å². The Bertz CT molecular complexity index is 528. The highest BCUT2D eigenvalue weighted by Crippen LogP contribution is 2.24. The highest BCUT2D eigenvalue weighted by Gasteiger charge is 1.99. The van der Waals surface area contributed by atoms with Gasteiger partial charge in [-0.25, -0.2) is 0 Å². The second-order valence-electron chi connectivity index (χ2n) is 4.35. The molecule has 0 spiro atoms. The molecule has 0 aliphatic carbocycles. The smallest absolute Gasteiger partial charge is 0.0409 e. The predicted octanol–water partition coefficient (Wildman–Crippen LogP) is 4.74. The molecule has 19 heavy (non-hydrogen) atoms. The summed E-state index contributed by atoms with van der Waals surface area (Å²) in [6.07, 6.45) is 0. The summed E-state index contributed by atoms with van der Waals surface area (Å²) in [5.41, 5.74) is 2.59. The van der Waals surface area contributed by atoms with E-state index in [1.807, 2.05) is 30.0 Å². The van der Waals surface area contributed by atoms with E-state index in [0.717, 1.165) is 23.9 Å². The standard InChI is InChI=1S/C16H18ClNS/c1-2-18-11-13-5-4-8-16(10-13)19-12-14-6-3-7-15(17)9-14/h3-10,18H,2,11-12H2,1H3. The molecule has 2 aromatic rings. The van der Waals surface area contributed by atoms with E-state index >= 15 is 0 Å². The van der Waals surface area contributed by atoms with E-state index in [0.29, 0.717) is 0 Å². The van der Waals surface area contributed by atoms with Crippen LogP contribution in [0.4, 0.5) is 0 Å². The van der Waals surface area contributed by atoms with E-state index in [-0.39, 0.29) is 0 Å². The number of halogens is 1. The predicted molar refractivity (Wildman–Crippen MR) is 84.8 cm³/mol. The van der Waals surface area contributed by atoms with E-state index in [4.69, 9.17) is 11.6 Å². The Morgan fingerprint density at radius 2 is 1.84 bits per heavy atom. The van der Waals surface area contributed by atoms with Crippen LogP contribution in [-0.4, -0.2) is 6.54 Å². The van der Waals surface area contributed by atoms with Crippen LogP contribution in [0.25, 0.3) is 0 Å². The Morgan fingerprint density at radius 1 is 1.05 bits per heavy atom. The summed E-state index contributed by atoms with van der Waals surface area (Å²) in [6.45, 7) is 4.06. The SMILES string of the molecule is CCNCc1cccc(SCc2cccc(Cl)c2)c1. The summed E-state index contributed by atoms with van der Waals surface area (Å²) in [5.74, 6) is 0.950. The molecule has 2 aromatic carbocycles. The highest BCUT2D eigenvalue weighted by atomic mass is 35.5. The summed E-state index contributed by atoms with van der Waals surface area (Å²) in [6, 6.07) is 16.7. The molecule has 0 aromatic heterocycles. The molecule has 0 heterocycles. The number of thioether (sulfide) groups is 1. The third-order valence-electron chi connectivity index (χ3n) is 2.77. The summed E-state index contributed by atoms with van der Waals surface area (Å²) < 4.78 is 0. The van der Waals surface area contributed by atoms with Gasteiger partial charge in [-0.05, 0) is 41.9 Å². The molecule has 1 nitrogen and oxygen atoms in total. The minimum Gasteiger partial charge on any atom is -0.313 e. The van der Waals surface area contributed by atoms with Crippen LogP contribution in [0.1, 0.15) is 18.1 Å². The fourth-order valence-corrected chi connectivity index (χ4v) is 2.94. The van der Waals surface area contributed by atoms with E-state index in [9.17, 15) is 0 Å². The average Bonchev–Trinajstić information content (AvgIpc) is 2.43. The second-order valence-corrected chi connectivity index (χ2v) is 5.83. The molecule has 3 heteroatoms. The number of hydrogen-bond acceptors (Lipinski definition) is 2. The molecule has 0 atom stereocenters. The molecule has 0 amide bonds. The lowest BCUT2D eigenvalue weighted by molar-refractivity contribution is 0.725. The third-order valence-corrected chi connectivity index (χ3v) is 4.07. The lowest BCUT2D eigenvalue weighted by Crippen LogP contribution is -2.11. The zero-order valence-electron chi connectivity index (χ0n) is 11.0. The molecule has 1 N–H and O–H groups in total. The Kier molecular flexibility index (Phi) is 5.77. The first-order chi connectivity index (χ1) is 9.28. The van der Waals surface area contributed by atoms with Crippen molar-refractivity contribution in [2.24, 2.45) is 0 Å². The summed E-state index contributed by atoms with van der Waals surface area (Å²) >= 11 is 7.83. The number of benzene rings is 2. The van der Waals surface area contributed by atoms with Crippen molar-refractivity contribution < 1.29 is 0 Å². The highest BCUT2D eigenvalue weighted by molar-refractivity contribution is 7.98. The monoisotopic (exact) mass is 291 g/mol. The largest absolute Gasteiger partial charge is 0.313 e. The van der Waals surface area contributed by atoms with E-state index in [1.54, 1.807) is 0 Å². The van der Waals surface area contributed by atoms with Crippen molar-refractivity contribution in [2.75, 3.05) is 6.54 Å². The molecule has 0 fully saturated rings. The molecule has 100 valence electrons. The summed E-state index contributed by atoms with van der Waals surface area (Å²) in [5, 5.41) is 4.15. The third kappa shape index (κ3) is 4.90. The van der Waals surface area contributed by atoms with Crippen LogP contribution in [0.15, 0.2) is 53.4 Å². The van der Waals surface area contributed by atoms with Crippen molar-refractivity contribution in [1.82, 2.24) is 5.32 Å². The quantitative estimate of drug-likeness (QED) is 0.771. The van der Waals surface area contributed by atoms with Gasteiger partial charge in [-0.15, -0.1) is 11.8 Å². The zero-order valence-corrected chi connectivity index (χ0v) is 12.6. The Morgan fingerprint density at radius 3 is 2.63 bits per heavy atom. The van der Waals surface area contributed by atoms with Crippen LogP contribution in [0.5, 0.6) is 0 Å². The molecular formula is C16H18ClNS. The van der Waals surface area contributed by atoms with Crippen molar-refractivity contribution >= 4 is 23.4 Å². The van der Waals surface area contributed by atoms with E-state index in [2.05, 4.69) is 42.6 Å². The van der Waals surface area contributed by atoms with Gasteiger partial charge >= 0.3 is 0 Å². The first kappa shape index (κ1) is 14.4. The van der Waals surface area contributed by atoms with Crippen molar-refractivity contribution in [3.8, 4) is 0 Å². The lowest BCUT2D eigenvalue weighted by atomic mass is 10.2. The molecule has 0 saturated carbocycles. The number of nitrogens with one attached hydrogen (secondary N) is 1. The van der Waals surface area contributed by atoms with Gasteiger partial charge in [0.1, 0.15) is 0 Å². The Labute approximate surface area is 124 Å². The van der Waals surface area contributed by atoms with Gasteiger partial charge in [0.15, 0.2) is 0 Å². The van der Waals surface area contributed by atoms with E-state index < -0.39 is 0 Å². The van der Waals surface area contributed by atoms with Crippen molar-refractivity contribution in [1.29, 1.82) is 0 Å². The number of hydrogen-bond donors (Lipinski definition) is 1. The molecule has 0 bridgehead atoms. The maximum absolute atomic E-state index is 5.99. The van der Waals surface area contributed by atoms with Crippen LogP contribution in [0.3, 0.4) is 0 Å². The van der Waals surface area contributed by atoms with Crippen molar-refractivity contribution in [3.63, 3.8) is 0 Å². The molecular weight excluding hydrogens is 274 g/mol. The molecule has 0 radical (unpaired) electrons. The lowest BCUT2D eigenvalue weighted by Gasteiger charge is -2.06. The van der Waals surface area contributed by atoms with Gasteiger partial charge in [0, 0.05) is 22.2 Å². The van der Waals surface area contributed by atoms with Crippen molar-refractivity contribution in [3.05, 3.63) is 64.7 Å². The van der Waals surface area contributed by atoms with Crippen LogP contribution in [0, 0.1) is 0 Å². The zero-order chi connectivity index (χ0) is 13.5. The van der Waals surface area contributed by atoms with Gasteiger partial charge in [-0.2, -0.15) is 0 Å².